The van der Waals surface area contributed by atoms with E-state index in [0.29, 0.717) is 0 Å². The standard InChI is InChI=1S/C21H38O10P2/c1-9-27-32(24,28-10-2)18(33(25,29-11-3)30-12-4)15-21(19(23)31-20(5,6)7)14-16(26-8)13-17(21)22/h13,18H,9-12,14-15H2,1-8H3/t21-/m0/s1. The summed E-state index contributed by atoms with van der Waals surface area (Å²) in [7, 11) is -7.00. The van der Waals surface area contributed by atoms with Gasteiger partial charge in [-0.25, -0.2) is 0 Å². The SMILES string of the molecule is CCOP(=O)(OCC)C(C[C@@]1(C(=O)OC(C)(C)C)CC(OC)=CC1=O)P(=O)(OCC)OCC. The number of carbonyl (C=O) groups is 2. The molecule has 0 N–H and O–H groups in total. The molecule has 0 aromatic rings. The van der Waals surface area contributed by atoms with E-state index in [1.54, 1.807) is 48.5 Å². The van der Waals surface area contributed by atoms with Crippen LogP contribution >= 0.6 is 15.2 Å². The van der Waals surface area contributed by atoms with Crippen molar-refractivity contribution in [1.29, 1.82) is 0 Å². The number of methoxy groups -OCH3 is 1. The summed E-state index contributed by atoms with van der Waals surface area (Å²) in [5.74, 6) is -1.22. The Kier molecular flexibility index (Phi) is 11.0. The molecule has 10 nitrogen and oxygen atoms in total. The van der Waals surface area contributed by atoms with Gasteiger partial charge in [0.2, 0.25) is 0 Å². The number of hydrogen-bond donors (Lipinski definition) is 0. The Hall–Kier alpha value is -1.02. The molecule has 1 aliphatic carbocycles. The molecule has 1 atom stereocenters. The lowest BCUT2D eigenvalue weighted by atomic mass is 9.81. The van der Waals surface area contributed by atoms with E-state index in [0.717, 1.165) is 0 Å². The Labute approximate surface area is 196 Å². The molecular formula is C21H38O10P2. The maximum absolute atomic E-state index is 13.9. The predicted octanol–water partition coefficient (Wildman–Crippen LogP) is 5.07. The Bertz CT molecular complexity index is 766. The second-order valence-electron chi connectivity index (χ2n) is 8.38. The number of ether oxygens (including phenoxy) is 2. The molecule has 0 aromatic heterocycles. The maximum atomic E-state index is 13.9. The summed E-state index contributed by atoms with van der Waals surface area (Å²) >= 11 is 0. The molecule has 0 unspecified atom stereocenters. The lowest BCUT2D eigenvalue weighted by molar-refractivity contribution is -0.169. The van der Waals surface area contributed by atoms with Crippen LogP contribution in [0.5, 0.6) is 0 Å². The predicted molar refractivity (Wildman–Crippen MR) is 123 cm³/mol. The Morgan fingerprint density at radius 1 is 0.970 bits per heavy atom. The third-order valence-corrected chi connectivity index (χ3v) is 10.8. The normalized spacial score (nSPS) is 19.7. The van der Waals surface area contributed by atoms with Crippen LogP contribution in [-0.2, 0) is 46.3 Å². The first-order chi connectivity index (χ1) is 15.3. The van der Waals surface area contributed by atoms with Crippen molar-refractivity contribution in [1.82, 2.24) is 0 Å². The van der Waals surface area contributed by atoms with E-state index in [-0.39, 0.29) is 38.6 Å². The minimum absolute atomic E-state index is 0.0268. The van der Waals surface area contributed by atoms with Crippen LogP contribution in [0.3, 0.4) is 0 Å². The van der Waals surface area contributed by atoms with Crippen molar-refractivity contribution in [2.45, 2.75) is 72.3 Å². The third-order valence-electron chi connectivity index (χ3n) is 4.79. The minimum atomic E-state index is -4.19. The highest BCUT2D eigenvalue weighted by atomic mass is 31.2. The Morgan fingerprint density at radius 2 is 1.39 bits per heavy atom. The van der Waals surface area contributed by atoms with E-state index >= 15 is 0 Å². The number of ketones is 1. The molecule has 1 aliphatic rings. The fraction of sp³-hybridized carbons (Fsp3) is 0.810. The van der Waals surface area contributed by atoms with Gasteiger partial charge in [0.1, 0.15) is 16.8 Å². The summed E-state index contributed by atoms with van der Waals surface area (Å²) < 4.78 is 60.6. The van der Waals surface area contributed by atoms with Crippen molar-refractivity contribution in [3.63, 3.8) is 0 Å². The lowest BCUT2D eigenvalue weighted by Crippen LogP contribution is -2.43. The van der Waals surface area contributed by atoms with Gasteiger partial charge in [-0.1, -0.05) is 0 Å². The van der Waals surface area contributed by atoms with Crippen LogP contribution in [0.15, 0.2) is 11.8 Å². The topological polar surface area (TPSA) is 124 Å². The molecular weight excluding hydrogens is 474 g/mol. The molecule has 0 bridgehead atoms. The zero-order chi connectivity index (χ0) is 25.5. The zero-order valence-corrected chi connectivity index (χ0v) is 22.7. The molecule has 0 saturated carbocycles. The fourth-order valence-electron chi connectivity index (χ4n) is 3.50. The average molecular weight is 512 g/mol. The highest BCUT2D eigenvalue weighted by Gasteiger charge is 2.61. The van der Waals surface area contributed by atoms with Gasteiger partial charge in [-0.15, -0.1) is 0 Å². The summed E-state index contributed by atoms with van der Waals surface area (Å²) in [4.78, 5) is 26.6. The van der Waals surface area contributed by atoms with Gasteiger partial charge in [-0.3, -0.25) is 18.7 Å². The lowest BCUT2D eigenvalue weighted by Gasteiger charge is -2.37. The maximum Gasteiger partial charge on any atom is 0.345 e. The monoisotopic (exact) mass is 512 g/mol. The summed E-state index contributed by atoms with van der Waals surface area (Å²) in [5, 5.41) is -1.55. The third kappa shape index (κ3) is 7.23. The molecule has 0 aromatic carbocycles. The van der Waals surface area contributed by atoms with E-state index in [1.807, 2.05) is 0 Å². The molecule has 12 heteroatoms. The highest BCUT2D eigenvalue weighted by molar-refractivity contribution is 7.72. The van der Waals surface area contributed by atoms with Gasteiger partial charge >= 0.3 is 21.2 Å². The molecule has 0 spiro atoms. The smallest absolute Gasteiger partial charge is 0.345 e. The van der Waals surface area contributed by atoms with E-state index in [1.165, 1.54) is 13.2 Å². The van der Waals surface area contributed by atoms with Gasteiger partial charge in [0.25, 0.3) is 0 Å². The molecule has 33 heavy (non-hydrogen) atoms. The van der Waals surface area contributed by atoms with Crippen LogP contribution in [0.1, 0.15) is 61.3 Å². The van der Waals surface area contributed by atoms with Gasteiger partial charge in [-0.05, 0) is 54.9 Å². The molecule has 0 heterocycles. The van der Waals surface area contributed by atoms with E-state index < -0.39 is 49.8 Å². The largest absolute Gasteiger partial charge is 0.501 e. The number of hydrogen-bond acceptors (Lipinski definition) is 10. The molecule has 0 fully saturated rings. The van der Waals surface area contributed by atoms with Gasteiger partial charge in [0, 0.05) is 12.5 Å². The van der Waals surface area contributed by atoms with Crippen molar-refractivity contribution in [2.75, 3.05) is 33.5 Å². The highest BCUT2D eigenvalue weighted by Crippen LogP contribution is 2.73. The molecule has 192 valence electrons. The second-order valence-corrected chi connectivity index (χ2v) is 13.2. The minimum Gasteiger partial charge on any atom is -0.501 e. The van der Waals surface area contributed by atoms with Crippen LogP contribution in [0.2, 0.25) is 0 Å². The molecule has 0 radical (unpaired) electrons. The van der Waals surface area contributed by atoms with Crippen molar-refractivity contribution < 1.29 is 46.3 Å². The van der Waals surface area contributed by atoms with E-state index in [9.17, 15) is 18.7 Å². The first-order valence-electron chi connectivity index (χ1n) is 11.1. The van der Waals surface area contributed by atoms with E-state index in [4.69, 9.17) is 27.6 Å². The molecule has 0 amide bonds. The molecule has 1 rings (SSSR count). The van der Waals surface area contributed by atoms with Crippen molar-refractivity contribution in [2.24, 2.45) is 5.41 Å². The van der Waals surface area contributed by atoms with Crippen LogP contribution < -0.4 is 0 Å². The van der Waals surface area contributed by atoms with Crippen molar-refractivity contribution >= 4 is 26.9 Å². The summed E-state index contributed by atoms with van der Waals surface area (Å²) in [6.07, 6.45) is 0.530. The van der Waals surface area contributed by atoms with Crippen molar-refractivity contribution in [3.05, 3.63) is 11.8 Å². The molecule has 0 saturated heterocycles. The van der Waals surface area contributed by atoms with Gasteiger partial charge < -0.3 is 27.6 Å². The zero-order valence-electron chi connectivity index (χ0n) is 20.9. The number of carbonyl (C=O) groups excluding carboxylic acids is 2. The van der Waals surface area contributed by atoms with Gasteiger partial charge in [0.05, 0.1) is 33.5 Å². The van der Waals surface area contributed by atoms with Crippen LogP contribution in [0.4, 0.5) is 0 Å². The second kappa shape index (κ2) is 12.1. The first kappa shape index (κ1) is 30.0. The summed E-state index contributed by atoms with van der Waals surface area (Å²) in [6, 6.07) is 0. The molecule has 0 aliphatic heterocycles. The van der Waals surface area contributed by atoms with Crippen molar-refractivity contribution in [3.8, 4) is 0 Å². The number of rotatable bonds is 14. The summed E-state index contributed by atoms with van der Waals surface area (Å²) in [6.45, 7) is 11.3. The van der Waals surface area contributed by atoms with Crippen LogP contribution in [-0.4, -0.2) is 56.3 Å². The average Bonchev–Trinajstić information content (AvgIpc) is 3.02. The Balaban J connectivity index is 3.72. The van der Waals surface area contributed by atoms with E-state index in [2.05, 4.69) is 0 Å². The van der Waals surface area contributed by atoms with Gasteiger partial charge in [0.15, 0.2) is 11.2 Å². The van der Waals surface area contributed by atoms with Crippen LogP contribution in [0, 0.1) is 5.41 Å². The summed E-state index contributed by atoms with van der Waals surface area (Å²) in [5.41, 5.74) is -2.78. The first-order valence-corrected chi connectivity index (χ1v) is 14.3. The van der Waals surface area contributed by atoms with Gasteiger partial charge in [-0.2, -0.15) is 0 Å². The number of esters is 1. The number of allylic oxidation sites excluding steroid dienone is 2. The quantitative estimate of drug-likeness (QED) is 0.177. The fourth-order valence-corrected chi connectivity index (χ4v) is 9.04. The van der Waals surface area contributed by atoms with Crippen LogP contribution in [0.25, 0.3) is 0 Å². The Morgan fingerprint density at radius 3 is 1.70 bits per heavy atom.